The molecule has 1 atom stereocenters. The number of nitrogen functional groups attached to an aromatic ring is 1. The maximum absolute atomic E-state index is 14.1. The van der Waals surface area contributed by atoms with E-state index in [0.717, 1.165) is 21.8 Å². The van der Waals surface area contributed by atoms with Crippen LogP contribution in [0, 0.1) is 0 Å². The number of carbonyl (C=O) groups is 2. The number of rotatable bonds is 3. The van der Waals surface area contributed by atoms with Crippen molar-refractivity contribution in [3.63, 3.8) is 0 Å². The molecule has 2 N–H and O–H groups in total. The highest BCUT2D eigenvalue weighted by molar-refractivity contribution is 6.29. The number of aromatic nitrogens is 2. The van der Waals surface area contributed by atoms with Crippen molar-refractivity contribution in [2.24, 2.45) is 7.05 Å². The molecule has 0 bridgehead atoms. The number of hydrogen-bond acceptors (Lipinski definition) is 4. The van der Waals surface area contributed by atoms with Gasteiger partial charge in [-0.1, -0.05) is 42.5 Å². The number of carbonyl (C=O) groups excluding carboxylic acids is 2. The number of anilines is 3. The van der Waals surface area contributed by atoms with Crippen molar-refractivity contribution in [2.45, 2.75) is 12.3 Å². The number of Topliss-reactive ketones (excluding diaryl/α,β-unsaturated/α-hetero) is 1. The van der Waals surface area contributed by atoms with Gasteiger partial charge in [0, 0.05) is 40.3 Å². The van der Waals surface area contributed by atoms with Gasteiger partial charge in [-0.2, -0.15) is 0 Å². The van der Waals surface area contributed by atoms with Crippen molar-refractivity contribution in [1.29, 1.82) is 0 Å². The van der Waals surface area contributed by atoms with E-state index in [-0.39, 0.29) is 29.8 Å². The SMILES string of the molecule is Cl.Cn1c2ccccc2c2cc(C(=O)C3(C)C(=O)N(c4ccccc4)c4cccc(N)c43)ncc21. The molecule has 0 radical (unpaired) electrons. The molecule has 6 nitrogen and oxygen atoms in total. The second-order valence-electron chi connectivity index (χ2n) is 8.83. The average molecular weight is 483 g/mol. The first-order chi connectivity index (χ1) is 16.4. The minimum absolute atomic E-state index is 0. The third kappa shape index (κ3) is 3.00. The Labute approximate surface area is 208 Å². The van der Waals surface area contributed by atoms with Gasteiger partial charge in [-0.15, -0.1) is 12.4 Å². The Balaban J connectivity index is 0.00000253. The summed E-state index contributed by atoms with van der Waals surface area (Å²) in [4.78, 5) is 34.1. The second kappa shape index (κ2) is 7.96. The van der Waals surface area contributed by atoms with E-state index in [2.05, 4.69) is 9.55 Å². The fourth-order valence-corrected chi connectivity index (χ4v) is 5.21. The van der Waals surface area contributed by atoms with Crippen LogP contribution in [-0.2, 0) is 17.3 Å². The van der Waals surface area contributed by atoms with Gasteiger partial charge in [-0.3, -0.25) is 19.5 Å². The Morgan fingerprint density at radius 2 is 1.63 bits per heavy atom. The van der Waals surface area contributed by atoms with Gasteiger partial charge in [0.1, 0.15) is 11.1 Å². The quantitative estimate of drug-likeness (QED) is 0.208. The van der Waals surface area contributed by atoms with Crippen LogP contribution in [0.15, 0.2) is 85.1 Å². The van der Waals surface area contributed by atoms with Crippen LogP contribution in [0.2, 0.25) is 0 Å². The largest absolute Gasteiger partial charge is 0.398 e. The zero-order valence-electron chi connectivity index (χ0n) is 19.2. The molecule has 174 valence electrons. The van der Waals surface area contributed by atoms with Crippen molar-refractivity contribution in [3.8, 4) is 0 Å². The van der Waals surface area contributed by atoms with Crippen LogP contribution in [0.25, 0.3) is 21.8 Å². The molecule has 0 saturated heterocycles. The minimum atomic E-state index is -1.50. The Morgan fingerprint density at radius 3 is 2.40 bits per heavy atom. The van der Waals surface area contributed by atoms with Gasteiger partial charge in [0.2, 0.25) is 11.7 Å². The van der Waals surface area contributed by atoms with Crippen molar-refractivity contribution >= 4 is 63.0 Å². The number of pyridine rings is 1. The first kappa shape index (κ1) is 22.6. The highest BCUT2D eigenvalue weighted by Gasteiger charge is 2.54. The number of fused-ring (bicyclic) bond motifs is 4. The molecule has 2 aromatic heterocycles. The molecule has 3 heterocycles. The maximum Gasteiger partial charge on any atom is 0.250 e. The van der Waals surface area contributed by atoms with Crippen LogP contribution < -0.4 is 10.6 Å². The molecule has 5 aromatic rings. The topological polar surface area (TPSA) is 81.2 Å². The summed E-state index contributed by atoms with van der Waals surface area (Å²) in [6, 6.07) is 24.5. The number of aryl methyl sites for hydroxylation is 1. The van der Waals surface area contributed by atoms with E-state index in [4.69, 9.17) is 5.73 Å². The molecular weight excluding hydrogens is 460 g/mol. The summed E-state index contributed by atoms with van der Waals surface area (Å²) in [7, 11) is 1.98. The average Bonchev–Trinajstić information content (AvgIpc) is 3.28. The third-order valence-electron chi connectivity index (χ3n) is 6.95. The number of nitrogens with zero attached hydrogens (tertiary/aromatic N) is 3. The number of benzene rings is 3. The molecule has 0 aliphatic carbocycles. The Hall–Kier alpha value is -4.16. The van der Waals surface area contributed by atoms with Crippen molar-refractivity contribution < 1.29 is 9.59 Å². The van der Waals surface area contributed by atoms with E-state index >= 15 is 0 Å². The third-order valence-corrected chi connectivity index (χ3v) is 6.95. The highest BCUT2D eigenvalue weighted by Crippen LogP contribution is 2.49. The first-order valence-corrected chi connectivity index (χ1v) is 11.1. The van der Waals surface area contributed by atoms with Crippen LogP contribution in [0.1, 0.15) is 23.0 Å². The molecule has 0 fully saturated rings. The lowest BCUT2D eigenvalue weighted by Crippen LogP contribution is -2.43. The Bertz CT molecular complexity index is 1640. The number of ketones is 1. The van der Waals surface area contributed by atoms with Crippen LogP contribution >= 0.6 is 12.4 Å². The zero-order valence-corrected chi connectivity index (χ0v) is 20.0. The smallest absolute Gasteiger partial charge is 0.250 e. The number of hydrogen-bond donors (Lipinski definition) is 1. The van der Waals surface area contributed by atoms with Gasteiger partial charge in [-0.05, 0) is 43.3 Å². The standard InChI is InChI=1S/C28H22N4O2.ClH/c1-28(25-20(29)12-8-14-23(25)32(27(28)34)17-9-4-3-5-10-17)26(33)21-15-19-18-11-6-7-13-22(18)31(2)24(19)16-30-21;/h3-16H,29H2,1-2H3;1H. The van der Waals surface area contributed by atoms with Gasteiger partial charge < -0.3 is 10.3 Å². The van der Waals surface area contributed by atoms with E-state index in [1.54, 1.807) is 36.2 Å². The molecule has 1 aliphatic heterocycles. The Kier molecular flexibility index (Phi) is 5.15. The van der Waals surface area contributed by atoms with Crippen LogP contribution in [0.4, 0.5) is 17.1 Å². The molecular formula is C28H23ClN4O2. The molecule has 35 heavy (non-hydrogen) atoms. The zero-order chi connectivity index (χ0) is 23.6. The molecule has 1 aliphatic rings. The van der Waals surface area contributed by atoms with Crippen LogP contribution in [-0.4, -0.2) is 21.2 Å². The summed E-state index contributed by atoms with van der Waals surface area (Å²) in [6.07, 6.45) is 1.70. The Morgan fingerprint density at radius 1 is 0.914 bits per heavy atom. The molecule has 6 rings (SSSR count). The first-order valence-electron chi connectivity index (χ1n) is 11.1. The normalized spacial score (nSPS) is 17.0. The van der Waals surface area contributed by atoms with E-state index in [0.29, 0.717) is 22.6 Å². The minimum Gasteiger partial charge on any atom is -0.398 e. The summed E-state index contributed by atoms with van der Waals surface area (Å²) in [5.41, 5.74) is 9.34. The molecule has 1 amide bonds. The van der Waals surface area contributed by atoms with Crippen molar-refractivity contribution in [1.82, 2.24) is 9.55 Å². The second-order valence-corrected chi connectivity index (χ2v) is 8.83. The number of halogens is 1. The van der Waals surface area contributed by atoms with Crippen LogP contribution in [0.3, 0.4) is 0 Å². The van der Waals surface area contributed by atoms with Gasteiger partial charge in [-0.25, -0.2) is 0 Å². The van der Waals surface area contributed by atoms with E-state index < -0.39 is 5.41 Å². The van der Waals surface area contributed by atoms with Gasteiger partial charge >= 0.3 is 0 Å². The van der Waals surface area contributed by atoms with E-state index in [1.807, 2.05) is 67.7 Å². The number of amides is 1. The van der Waals surface area contributed by atoms with Gasteiger partial charge in [0.15, 0.2) is 0 Å². The lowest BCUT2D eigenvalue weighted by molar-refractivity contribution is -0.120. The van der Waals surface area contributed by atoms with E-state index in [9.17, 15) is 9.59 Å². The number of nitrogens with two attached hydrogens (primary N) is 1. The van der Waals surface area contributed by atoms with Crippen molar-refractivity contribution in [3.05, 3.63) is 96.3 Å². The van der Waals surface area contributed by atoms with Gasteiger partial charge in [0.25, 0.3) is 0 Å². The lowest BCUT2D eigenvalue weighted by atomic mass is 9.77. The summed E-state index contributed by atoms with van der Waals surface area (Å²) >= 11 is 0. The van der Waals surface area contributed by atoms with Gasteiger partial charge in [0.05, 0.1) is 17.4 Å². The highest BCUT2D eigenvalue weighted by atomic mass is 35.5. The summed E-state index contributed by atoms with van der Waals surface area (Å²) in [6.45, 7) is 1.66. The van der Waals surface area contributed by atoms with Crippen LogP contribution in [0.5, 0.6) is 0 Å². The molecule has 0 saturated carbocycles. The monoisotopic (exact) mass is 482 g/mol. The summed E-state index contributed by atoms with van der Waals surface area (Å²) in [5, 5.41) is 1.96. The predicted molar refractivity (Wildman–Crippen MR) is 142 cm³/mol. The lowest BCUT2D eigenvalue weighted by Gasteiger charge is -2.23. The molecule has 1 unspecified atom stereocenters. The molecule has 0 spiro atoms. The molecule has 7 heteroatoms. The summed E-state index contributed by atoms with van der Waals surface area (Å²) < 4.78 is 2.05. The maximum atomic E-state index is 14.1. The molecule has 3 aromatic carbocycles. The van der Waals surface area contributed by atoms with Crippen molar-refractivity contribution in [2.75, 3.05) is 10.6 Å². The fraction of sp³-hybridized carbons (Fsp3) is 0.107. The number of para-hydroxylation sites is 2. The summed E-state index contributed by atoms with van der Waals surface area (Å²) in [5.74, 6) is -0.707. The fourth-order valence-electron chi connectivity index (χ4n) is 5.21. The predicted octanol–water partition coefficient (Wildman–Crippen LogP) is 5.55. The van der Waals surface area contributed by atoms with E-state index in [1.165, 1.54) is 0 Å².